The van der Waals surface area contributed by atoms with E-state index in [1.165, 1.54) is 0 Å². The van der Waals surface area contributed by atoms with Gasteiger partial charge in [0.05, 0.1) is 5.56 Å². The maximum atomic E-state index is 9.26. The third-order valence-corrected chi connectivity index (χ3v) is 3.45. The summed E-state index contributed by atoms with van der Waals surface area (Å²) in [7, 11) is 1.97. The van der Waals surface area contributed by atoms with Gasteiger partial charge in [-0.05, 0) is 37.8 Å². The number of nitriles is 1. The number of aryl methyl sites for hydroxylation is 2. The molecule has 1 rings (SSSR count). The Morgan fingerprint density at radius 3 is 2.58 bits per heavy atom. The Hall–Kier alpha value is -1.60. The summed E-state index contributed by atoms with van der Waals surface area (Å²) in [6.45, 7) is 8.96. The van der Waals surface area contributed by atoms with Crippen LogP contribution in [0.2, 0.25) is 0 Å². The summed E-state index contributed by atoms with van der Waals surface area (Å²) in [5.74, 6) is 1.23. The number of nitrogens with two attached hydrogens (primary N) is 1. The standard InChI is InChI=1S/C15H24N4/c1-10(2)14(17)6-7-19(5)15-13(9-16)11(3)8-12(4)18-15/h8,10,14H,6-7,17H2,1-5H3. The monoisotopic (exact) mass is 260 g/mol. The largest absolute Gasteiger partial charge is 0.359 e. The Labute approximate surface area is 116 Å². The molecule has 19 heavy (non-hydrogen) atoms. The molecule has 1 unspecified atom stereocenters. The number of nitrogens with zero attached hydrogens (tertiary/aromatic N) is 3. The van der Waals surface area contributed by atoms with E-state index in [9.17, 15) is 5.26 Å². The molecule has 0 aromatic carbocycles. The van der Waals surface area contributed by atoms with Crippen molar-refractivity contribution in [2.45, 2.75) is 40.2 Å². The molecule has 0 fully saturated rings. The quantitative estimate of drug-likeness (QED) is 0.882. The molecule has 0 aliphatic carbocycles. The van der Waals surface area contributed by atoms with Crippen LogP contribution in [0.4, 0.5) is 5.82 Å². The van der Waals surface area contributed by atoms with Crippen molar-refractivity contribution in [3.63, 3.8) is 0 Å². The fourth-order valence-corrected chi connectivity index (χ4v) is 2.01. The van der Waals surface area contributed by atoms with E-state index in [1.54, 1.807) is 0 Å². The second-order valence-electron chi connectivity index (χ2n) is 5.51. The number of rotatable bonds is 5. The average molecular weight is 260 g/mol. The summed E-state index contributed by atoms with van der Waals surface area (Å²) in [5.41, 5.74) is 8.63. The summed E-state index contributed by atoms with van der Waals surface area (Å²) in [5, 5.41) is 9.26. The minimum atomic E-state index is 0.180. The van der Waals surface area contributed by atoms with Crippen LogP contribution < -0.4 is 10.6 Å². The first kappa shape index (κ1) is 15.5. The van der Waals surface area contributed by atoms with Crippen LogP contribution in [0.1, 0.15) is 37.1 Å². The molecular weight excluding hydrogens is 236 g/mol. The SMILES string of the molecule is Cc1cc(C)c(C#N)c(N(C)CCC(N)C(C)C)n1. The molecule has 0 bridgehead atoms. The molecule has 4 heteroatoms. The van der Waals surface area contributed by atoms with E-state index in [2.05, 4.69) is 24.9 Å². The molecule has 104 valence electrons. The van der Waals surface area contributed by atoms with E-state index < -0.39 is 0 Å². The molecule has 1 aromatic heterocycles. The zero-order valence-corrected chi connectivity index (χ0v) is 12.6. The Balaban J connectivity index is 2.88. The van der Waals surface area contributed by atoms with Gasteiger partial charge in [-0.1, -0.05) is 13.8 Å². The highest BCUT2D eigenvalue weighted by Crippen LogP contribution is 2.21. The van der Waals surface area contributed by atoms with E-state index >= 15 is 0 Å². The van der Waals surface area contributed by atoms with Crippen molar-refractivity contribution in [3.8, 4) is 6.07 Å². The Morgan fingerprint density at radius 2 is 2.05 bits per heavy atom. The lowest BCUT2D eigenvalue weighted by molar-refractivity contribution is 0.465. The lowest BCUT2D eigenvalue weighted by Crippen LogP contribution is -2.32. The average Bonchev–Trinajstić information content (AvgIpc) is 2.34. The first-order chi connectivity index (χ1) is 8.86. The number of anilines is 1. The fraction of sp³-hybridized carbons (Fsp3) is 0.600. The maximum absolute atomic E-state index is 9.26. The molecule has 2 N–H and O–H groups in total. The molecule has 0 saturated carbocycles. The van der Waals surface area contributed by atoms with Gasteiger partial charge in [0.2, 0.25) is 0 Å². The maximum Gasteiger partial charge on any atom is 0.146 e. The molecule has 0 aliphatic heterocycles. The molecule has 0 aliphatic rings. The first-order valence-corrected chi connectivity index (χ1v) is 6.71. The van der Waals surface area contributed by atoms with Gasteiger partial charge in [0.1, 0.15) is 11.9 Å². The lowest BCUT2D eigenvalue weighted by Gasteiger charge is -2.23. The van der Waals surface area contributed by atoms with Gasteiger partial charge in [-0.3, -0.25) is 0 Å². The zero-order valence-electron chi connectivity index (χ0n) is 12.6. The lowest BCUT2D eigenvalue weighted by atomic mass is 10.0. The van der Waals surface area contributed by atoms with Crippen LogP contribution in [0.5, 0.6) is 0 Å². The van der Waals surface area contributed by atoms with Crippen molar-refractivity contribution in [2.24, 2.45) is 11.7 Å². The van der Waals surface area contributed by atoms with E-state index in [-0.39, 0.29) is 6.04 Å². The first-order valence-electron chi connectivity index (χ1n) is 6.71. The summed E-state index contributed by atoms with van der Waals surface area (Å²) >= 11 is 0. The van der Waals surface area contributed by atoms with Gasteiger partial charge < -0.3 is 10.6 Å². The van der Waals surface area contributed by atoms with E-state index in [0.717, 1.165) is 30.0 Å². The van der Waals surface area contributed by atoms with Crippen LogP contribution in [0, 0.1) is 31.1 Å². The van der Waals surface area contributed by atoms with Gasteiger partial charge in [-0.25, -0.2) is 4.98 Å². The van der Waals surface area contributed by atoms with Crippen molar-refractivity contribution in [1.82, 2.24) is 4.98 Å². The van der Waals surface area contributed by atoms with Crippen LogP contribution in [-0.2, 0) is 0 Å². The molecular formula is C15H24N4. The highest BCUT2D eigenvalue weighted by Gasteiger charge is 2.14. The van der Waals surface area contributed by atoms with Crippen LogP contribution >= 0.6 is 0 Å². The van der Waals surface area contributed by atoms with Gasteiger partial charge in [-0.15, -0.1) is 0 Å². The van der Waals surface area contributed by atoms with Crippen LogP contribution in [0.25, 0.3) is 0 Å². The highest BCUT2D eigenvalue weighted by atomic mass is 15.2. The summed E-state index contributed by atoms with van der Waals surface area (Å²) < 4.78 is 0. The summed E-state index contributed by atoms with van der Waals surface area (Å²) in [6, 6.07) is 4.37. The normalized spacial score (nSPS) is 12.3. The van der Waals surface area contributed by atoms with Crippen molar-refractivity contribution < 1.29 is 0 Å². The van der Waals surface area contributed by atoms with Gasteiger partial charge in [0, 0.05) is 25.3 Å². The van der Waals surface area contributed by atoms with Gasteiger partial charge in [-0.2, -0.15) is 5.26 Å². The Morgan fingerprint density at radius 1 is 1.42 bits per heavy atom. The van der Waals surface area contributed by atoms with Gasteiger partial charge >= 0.3 is 0 Å². The topological polar surface area (TPSA) is 65.9 Å². The fourth-order valence-electron chi connectivity index (χ4n) is 2.01. The second kappa shape index (κ2) is 6.53. The van der Waals surface area contributed by atoms with Gasteiger partial charge in [0.25, 0.3) is 0 Å². The Bertz CT molecular complexity index is 474. The molecule has 1 aromatic rings. The second-order valence-corrected chi connectivity index (χ2v) is 5.51. The minimum Gasteiger partial charge on any atom is -0.359 e. The number of hydrogen-bond acceptors (Lipinski definition) is 4. The highest BCUT2D eigenvalue weighted by molar-refractivity contribution is 5.57. The van der Waals surface area contributed by atoms with E-state index in [4.69, 9.17) is 5.73 Å². The van der Waals surface area contributed by atoms with Crippen LogP contribution in [0.15, 0.2) is 6.07 Å². The van der Waals surface area contributed by atoms with Crippen molar-refractivity contribution >= 4 is 5.82 Å². The number of pyridine rings is 1. The minimum absolute atomic E-state index is 0.180. The zero-order chi connectivity index (χ0) is 14.6. The van der Waals surface area contributed by atoms with E-state index in [0.29, 0.717) is 11.5 Å². The van der Waals surface area contributed by atoms with Crippen molar-refractivity contribution in [2.75, 3.05) is 18.5 Å². The number of aromatic nitrogens is 1. The molecule has 0 radical (unpaired) electrons. The number of hydrogen-bond donors (Lipinski definition) is 1. The molecule has 1 atom stereocenters. The van der Waals surface area contributed by atoms with Crippen molar-refractivity contribution in [1.29, 1.82) is 5.26 Å². The van der Waals surface area contributed by atoms with Crippen molar-refractivity contribution in [3.05, 3.63) is 22.9 Å². The smallest absolute Gasteiger partial charge is 0.146 e. The third kappa shape index (κ3) is 3.93. The van der Waals surface area contributed by atoms with Crippen LogP contribution in [0.3, 0.4) is 0 Å². The molecule has 0 amide bonds. The molecule has 4 nitrogen and oxygen atoms in total. The molecule has 1 heterocycles. The van der Waals surface area contributed by atoms with Crippen LogP contribution in [-0.4, -0.2) is 24.6 Å². The summed E-state index contributed by atoms with van der Waals surface area (Å²) in [6.07, 6.45) is 0.897. The third-order valence-electron chi connectivity index (χ3n) is 3.45. The predicted molar refractivity (Wildman–Crippen MR) is 79.1 cm³/mol. The predicted octanol–water partition coefficient (Wildman–Crippen LogP) is 2.38. The molecule has 0 saturated heterocycles. The van der Waals surface area contributed by atoms with Gasteiger partial charge in [0.15, 0.2) is 0 Å². The summed E-state index contributed by atoms with van der Waals surface area (Å²) in [4.78, 5) is 6.52. The van der Waals surface area contributed by atoms with E-state index in [1.807, 2.05) is 31.9 Å². The molecule has 0 spiro atoms. The Kier molecular flexibility index (Phi) is 5.31.